The fraction of sp³-hybridized carbons (Fsp3) is 0.0833. The summed E-state index contributed by atoms with van der Waals surface area (Å²) in [5.41, 5.74) is 6.67. The van der Waals surface area contributed by atoms with Crippen LogP contribution in [0.1, 0.15) is 5.56 Å². The number of halogens is 1. The third-order valence-electron chi connectivity index (χ3n) is 2.07. The zero-order valence-electron chi connectivity index (χ0n) is 8.77. The SMILES string of the molecule is Cc1ccc(Oc2ccc(N)nc2)c(Br)c1. The molecule has 0 aliphatic rings. The zero-order chi connectivity index (χ0) is 11.5. The topological polar surface area (TPSA) is 48.1 Å². The van der Waals surface area contributed by atoms with Crippen LogP contribution in [0.25, 0.3) is 0 Å². The summed E-state index contributed by atoms with van der Waals surface area (Å²) in [6.07, 6.45) is 1.60. The van der Waals surface area contributed by atoms with Crippen molar-refractivity contribution in [3.05, 3.63) is 46.6 Å². The van der Waals surface area contributed by atoms with E-state index in [-0.39, 0.29) is 0 Å². The van der Waals surface area contributed by atoms with E-state index >= 15 is 0 Å². The standard InChI is InChI=1S/C12H11BrN2O/c1-8-2-4-11(10(13)6-8)16-9-3-5-12(14)15-7-9/h2-7H,1H3,(H2,14,15). The third-order valence-corrected chi connectivity index (χ3v) is 2.69. The quantitative estimate of drug-likeness (QED) is 0.914. The molecule has 0 atom stereocenters. The number of nitrogens with zero attached hydrogens (tertiary/aromatic N) is 1. The Kier molecular flexibility index (Phi) is 3.10. The largest absolute Gasteiger partial charge is 0.455 e. The van der Waals surface area contributed by atoms with E-state index in [1.807, 2.05) is 25.1 Å². The Morgan fingerprint density at radius 3 is 2.69 bits per heavy atom. The molecular weight excluding hydrogens is 268 g/mol. The van der Waals surface area contributed by atoms with Crippen LogP contribution in [0.3, 0.4) is 0 Å². The number of nitrogens with two attached hydrogens (primary N) is 1. The number of aryl methyl sites for hydroxylation is 1. The van der Waals surface area contributed by atoms with Crippen LogP contribution in [0, 0.1) is 6.92 Å². The van der Waals surface area contributed by atoms with E-state index in [9.17, 15) is 0 Å². The van der Waals surface area contributed by atoms with Crippen molar-refractivity contribution < 1.29 is 4.74 Å². The first-order valence-electron chi connectivity index (χ1n) is 4.81. The van der Waals surface area contributed by atoms with Gasteiger partial charge in [0.15, 0.2) is 0 Å². The molecule has 3 nitrogen and oxygen atoms in total. The van der Waals surface area contributed by atoms with Gasteiger partial charge in [-0.05, 0) is 52.7 Å². The number of benzene rings is 1. The Balaban J connectivity index is 2.23. The molecule has 2 rings (SSSR count). The maximum atomic E-state index is 5.65. The van der Waals surface area contributed by atoms with Crippen LogP contribution in [-0.2, 0) is 0 Å². The summed E-state index contributed by atoms with van der Waals surface area (Å²) >= 11 is 3.45. The zero-order valence-corrected chi connectivity index (χ0v) is 10.4. The number of ether oxygens (including phenoxy) is 1. The van der Waals surface area contributed by atoms with Crippen LogP contribution >= 0.6 is 15.9 Å². The second kappa shape index (κ2) is 4.53. The molecule has 2 aromatic rings. The van der Waals surface area contributed by atoms with Gasteiger partial charge in [-0.3, -0.25) is 0 Å². The monoisotopic (exact) mass is 278 g/mol. The predicted molar refractivity (Wildman–Crippen MR) is 67.6 cm³/mol. The molecule has 0 fully saturated rings. The van der Waals surface area contributed by atoms with Gasteiger partial charge in [0.05, 0.1) is 10.7 Å². The van der Waals surface area contributed by atoms with Crippen molar-refractivity contribution in [2.45, 2.75) is 6.92 Å². The number of anilines is 1. The molecule has 1 aromatic heterocycles. The lowest BCUT2D eigenvalue weighted by Crippen LogP contribution is -1.91. The fourth-order valence-electron chi connectivity index (χ4n) is 1.27. The summed E-state index contributed by atoms with van der Waals surface area (Å²) in [5.74, 6) is 1.91. The van der Waals surface area contributed by atoms with Gasteiger partial charge in [-0.2, -0.15) is 0 Å². The molecule has 0 aliphatic carbocycles. The van der Waals surface area contributed by atoms with Gasteiger partial charge in [0.25, 0.3) is 0 Å². The molecule has 0 bridgehead atoms. The first kappa shape index (κ1) is 11.0. The Morgan fingerprint density at radius 2 is 2.06 bits per heavy atom. The van der Waals surface area contributed by atoms with E-state index in [0.717, 1.165) is 10.2 Å². The van der Waals surface area contributed by atoms with E-state index in [1.54, 1.807) is 18.3 Å². The Labute approximate surface area is 102 Å². The van der Waals surface area contributed by atoms with Crippen molar-refractivity contribution in [3.63, 3.8) is 0 Å². The van der Waals surface area contributed by atoms with Crippen LogP contribution in [0.15, 0.2) is 41.0 Å². The molecular formula is C12H11BrN2O. The molecule has 16 heavy (non-hydrogen) atoms. The molecule has 2 N–H and O–H groups in total. The molecule has 0 spiro atoms. The summed E-state index contributed by atoms with van der Waals surface area (Å²) in [6, 6.07) is 9.40. The lowest BCUT2D eigenvalue weighted by molar-refractivity contribution is 0.477. The maximum absolute atomic E-state index is 5.65. The highest BCUT2D eigenvalue weighted by atomic mass is 79.9. The summed E-state index contributed by atoms with van der Waals surface area (Å²) in [5, 5.41) is 0. The van der Waals surface area contributed by atoms with Crippen molar-refractivity contribution in [2.75, 3.05) is 5.73 Å². The Morgan fingerprint density at radius 1 is 1.25 bits per heavy atom. The van der Waals surface area contributed by atoms with Gasteiger partial charge in [-0.25, -0.2) is 4.98 Å². The van der Waals surface area contributed by atoms with E-state index in [1.165, 1.54) is 5.56 Å². The van der Waals surface area contributed by atoms with E-state index < -0.39 is 0 Å². The van der Waals surface area contributed by atoms with Crippen molar-refractivity contribution in [1.29, 1.82) is 0 Å². The van der Waals surface area contributed by atoms with Crippen LogP contribution in [0.5, 0.6) is 11.5 Å². The van der Waals surface area contributed by atoms with E-state index in [0.29, 0.717) is 11.6 Å². The summed E-state index contributed by atoms with van der Waals surface area (Å²) in [4.78, 5) is 3.96. The normalized spacial score (nSPS) is 10.1. The molecule has 82 valence electrons. The third kappa shape index (κ3) is 2.52. The number of hydrogen-bond acceptors (Lipinski definition) is 3. The Bertz CT molecular complexity index is 497. The van der Waals surface area contributed by atoms with Gasteiger partial charge in [0.2, 0.25) is 0 Å². The highest BCUT2D eigenvalue weighted by Crippen LogP contribution is 2.30. The van der Waals surface area contributed by atoms with Crippen molar-refractivity contribution in [2.24, 2.45) is 0 Å². The molecule has 0 radical (unpaired) electrons. The summed E-state index contributed by atoms with van der Waals surface area (Å²) in [7, 11) is 0. The van der Waals surface area contributed by atoms with Crippen LogP contribution < -0.4 is 10.5 Å². The van der Waals surface area contributed by atoms with Crippen molar-refractivity contribution >= 4 is 21.7 Å². The van der Waals surface area contributed by atoms with Crippen LogP contribution in [0.4, 0.5) is 5.82 Å². The maximum Gasteiger partial charge on any atom is 0.145 e. The lowest BCUT2D eigenvalue weighted by atomic mass is 10.2. The van der Waals surface area contributed by atoms with Crippen molar-refractivity contribution in [3.8, 4) is 11.5 Å². The van der Waals surface area contributed by atoms with Gasteiger partial charge in [-0.1, -0.05) is 6.07 Å². The summed E-state index contributed by atoms with van der Waals surface area (Å²) < 4.78 is 6.57. The number of aromatic nitrogens is 1. The highest BCUT2D eigenvalue weighted by Gasteiger charge is 2.02. The fourth-order valence-corrected chi connectivity index (χ4v) is 1.84. The second-order valence-electron chi connectivity index (χ2n) is 3.45. The molecule has 4 heteroatoms. The van der Waals surface area contributed by atoms with Gasteiger partial charge >= 0.3 is 0 Å². The summed E-state index contributed by atoms with van der Waals surface area (Å²) in [6.45, 7) is 2.03. The van der Waals surface area contributed by atoms with Gasteiger partial charge in [-0.15, -0.1) is 0 Å². The molecule has 1 heterocycles. The lowest BCUT2D eigenvalue weighted by Gasteiger charge is -2.07. The second-order valence-corrected chi connectivity index (χ2v) is 4.31. The molecule has 0 amide bonds. The smallest absolute Gasteiger partial charge is 0.145 e. The molecule has 0 saturated carbocycles. The number of hydrogen-bond donors (Lipinski definition) is 1. The highest BCUT2D eigenvalue weighted by molar-refractivity contribution is 9.10. The average molecular weight is 279 g/mol. The minimum absolute atomic E-state index is 0.482. The number of pyridine rings is 1. The van der Waals surface area contributed by atoms with Gasteiger partial charge in [0, 0.05) is 0 Å². The van der Waals surface area contributed by atoms with E-state index in [4.69, 9.17) is 10.5 Å². The molecule has 0 aliphatic heterocycles. The van der Waals surface area contributed by atoms with Crippen LogP contribution in [-0.4, -0.2) is 4.98 Å². The number of rotatable bonds is 2. The van der Waals surface area contributed by atoms with Gasteiger partial charge in [0.1, 0.15) is 17.3 Å². The number of nitrogen functional groups attached to an aromatic ring is 1. The molecule has 0 saturated heterocycles. The molecule has 1 aromatic carbocycles. The average Bonchev–Trinajstić information content (AvgIpc) is 2.25. The van der Waals surface area contributed by atoms with Crippen LogP contribution in [0.2, 0.25) is 0 Å². The first-order chi connectivity index (χ1) is 7.65. The minimum Gasteiger partial charge on any atom is -0.455 e. The molecule has 0 unspecified atom stereocenters. The first-order valence-corrected chi connectivity index (χ1v) is 5.60. The predicted octanol–water partition coefficient (Wildman–Crippen LogP) is 3.53. The van der Waals surface area contributed by atoms with Crippen molar-refractivity contribution in [1.82, 2.24) is 4.98 Å². The Hall–Kier alpha value is -1.55. The van der Waals surface area contributed by atoms with Gasteiger partial charge < -0.3 is 10.5 Å². The van der Waals surface area contributed by atoms with E-state index in [2.05, 4.69) is 20.9 Å². The minimum atomic E-state index is 0.482.